The molecule has 0 aromatic heterocycles. The number of rotatable bonds is 8. The second kappa shape index (κ2) is 9.12. The molecule has 0 bridgehead atoms. The zero-order chi connectivity index (χ0) is 22.0. The molecule has 0 saturated carbocycles. The van der Waals surface area contributed by atoms with Gasteiger partial charge < -0.3 is 20.0 Å². The van der Waals surface area contributed by atoms with Crippen LogP contribution in [-0.2, 0) is 9.22 Å². The van der Waals surface area contributed by atoms with Crippen molar-refractivity contribution in [1.29, 1.82) is 0 Å². The van der Waals surface area contributed by atoms with Crippen molar-refractivity contribution in [2.45, 2.75) is 89.3 Å². The van der Waals surface area contributed by atoms with Gasteiger partial charge in [0.2, 0.25) is 8.32 Å². The van der Waals surface area contributed by atoms with Crippen LogP contribution in [0.5, 0.6) is 0 Å². The van der Waals surface area contributed by atoms with Crippen LogP contribution < -0.4 is 5.32 Å². The van der Waals surface area contributed by atoms with E-state index in [2.05, 4.69) is 46.9 Å². The Morgan fingerprint density at radius 1 is 1.10 bits per heavy atom. The van der Waals surface area contributed by atoms with Crippen LogP contribution in [0.4, 0.5) is 0 Å². The van der Waals surface area contributed by atoms with Gasteiger partial charge in [-0.3, -0.25) is 4.79 Å². The maximum absolute atomic E-state index is 12.9. The van der Waals surface area contributed by atoms with Gasteiger partial charge in [-0.05, 0) is 34.7 Å². The van der Waals surface area contributed by atoms with Crippen LogP contribution in [0.2, 0.25) is 16.6 Å². The number of aliphatic hydroxyl groups is 2. The van der Waals surface area contributed by atoms with Gasteiger partial charge in [-0.25, -0.2) is 0 Å². The van der Waals surface area contributed by atoms with E-state index in [0.717, 1.165) is 5.56 Å². The lowest BCUT2D eigenvalue weighted by molar-refractivity contribution is -0.159. The summed E-state index contributed by atoms with van der Waals surface area (Å²) >= 11 is 0. The SMILES string of the molecule is CC[C@H](O)[C@]1(O)C(=O)N/C(=C\c2ccccc2)[C@@H]1O[Si](C(C)C)(C(C)C)C(C)C. The summed E-state index contributed by atoms with van der Waals surface area (Å²) in [5, 5.41) is 24.9. The molecule has 1 aromatic rings. The molecule has 1 aliphatic rings. The summed E-state index contributed by atoms with van der Waals surface area (Å²) in [7, 11) is -2.43. The molecule has 3 atom stereocenters. The average Bonchev–Trinajstić information content (AvgIpc) is 2.89. The van der Waals surface area contributed by atoms with Crippen LogP contribution in [0.15, 0.2) is 36.0 Å². The molecule has 0 aliphatic carbocycles. The Labute approximate surface area is 176 Å². The normalized spacial score (nSPS) is 25.3. The first-order valence-electron chi connectivity index (χ1n) is 10.7. The summed E-state index contributed by atoms with van der Waals surface area (Å²) in [4.78, 5) is 12.9. The van der Waals surface area contributed by atoms with Gasteiger partial charge in [0.25, 0.3) is 5.91 Å². The number of benzene rings is 1. The standard InChI is InChI=1S/C23H37NO4Si/c1-8-20(25)23(27)21(28-29(15(2)3,16(4)5)17(6)7)19(24-22(23)26)14-18-12-10-9-11-13-18/h9-17,20-21,25,27H,8H2,1-7H3,(H,24,26)/b19-14-/t20-,21-,23+/m0/s1. The van der Waals surface area contributed by atoms with Crippen molar-refractivity contribution in [3.8, 4) is 0 Å². The van der Waals surface area contributed by atoms with E-state index in [-0.39, 0.29) is 23.0 Å². The van der Waals surface area contributed by atoms with Gasteiger partial charge in [-0.2, -0.15) is 0 Å². The van der Waals surface area contributed by atoms with Crippen LogP contribution in [0.3, 0.4) is 0 Å². The quantitative estimate of drug-likeness (QED) is 0.551. The summed E-state index contributed by atoms with van der Waals surface area (Å²) < 4.78 is 6.85. The second-order valence-corrected chi connectivity index (χ2v) is 14.4. The molecule has 1 aliphatic heterocycles. The fourth-order valence-electron chi connectivity index (χ4n) is 4.90. The smallest absolute Gasteiger partial charge is 0.262 e. The summed E-state index contributed by atoms with van der Waals surface area (Å²) in [6, 6.07) is 9.63. The number of hydrogen-bond acceptors (Lipinski definition) is 4. The van der Waals surface area contributed by atoms with Gasteiger partial charge in [0.05, 0.1) is 6.10 Å². The number of carbonyl (C=O) groups is 1. The maximum atomic E-state index is 12.9. The molecule has 1 heterocycles. The highest BCUT2D eigenvalue weighted by Crippen LogP contribution is 2.46. The van der Waals surface area contributed by atoms with E-state index in [1.54, 1.807) is 6.92 Å². The highest BCUT2D eigenvalue weighted by Gasteiger charge is 2.60. The third kappa shape index (κ3) is 4.22. The van der Waals surface area contributed by atoms with Crippen molar-refractivity contribution < 1.29 is 19.4 Å². The number of nitrogens with one attached hydrogen (secondary N) is 1. The zero-order valence-corrected chi connectivity index (χ0v) is 19.8. The Balaban J connectivity index is 2.63. The van der Waals surface area contributed by atoms with Gasteiger partial charge in [0.15, 0.2) is 5.60 Å². The zero-order valence-electron chi connectivity index (χ0n) is 18.8. The maximum Gasteiger partial charge on any atom is 0.262 e. The molecular weight excluding hydrogens is 382 g/mol. The molecule has 1 saturated heterocycles. The lowest BCUT2D eigenvalue weighted by Crippen LogP contribution is -2.60. The van der Waals surface area contributed by atoms with Crippen molar-refractivity contribution in [1.82, 2.24) is 5.32 Å². The minimum atomic E-state index is -2.43. The Morgan fingerprint density at radius 3 is 2.07 bits per heavy atom. The number of carbonyl (C=O) groups excluding carboxylic acids is 1. The molecule has 1 amide bonds. The Hall–Kier alpha value is -1.47. The van der Waals surface area contributed by atoms with Gasteiger partial charge in [-0.15, -0.1) is 0 Å². The summed E-state index contributed by atoms with van der Waals surface area (Å²) in [6.07, 6.45) is -0.0539. The van der Waals surface area contributed by atoms with E-state index in [9.17, 15) is 15.0 Å². The third-order valence-corrected chi connectivity index (χ3v) is 12.4. The first-order valence-corrected chi connectivity index (χ1v) is 12.8. The van der Waals surface area contributed by atoms with Gasteiger partial charge >= 0.3 is 0 Å². The second-order valence-electron chi connectivity index (χ2n) is 9.03. The molecule has 0 unspecified atom stereocenters. The first-order chi connectivity index (χ1) is 13.5. The Morgan fingerprint density at radius 2 is 1.62 bits per heavy atom. The molecule has 6 heteroatoms. The lowest BCUT2D eigenvalue weighted by Gasteiger charge is -2.46. The van der Waals surface area contributed by atoms with Crippen molar-refractivity contribution in [3.63, 3.8) is 0 Å². The molecule has 1 aromatic carbocycles. The van der Waals surface area contributed by atoms with Crippen LogP contribution in [0, 0.1) is 0 Å². The highest BCUT2D eigenvalue weighted by molar-refractivity contribution is 6.77. The average molecular weight is 420 g/mol. The topological polar surface area (TPSA) is 78.8 Å². The number of aliphatic hydroxyl groups excluding tert-OH is 1. The van der Waals surface area contributed by atoms with E-state index in [4.69, 9.17) is 4.43 Å². The molecular formula is C23H37NO4Si. The molecule has 29 heavy (non-hydrogen) atoms. The van der Waals surface area contributed by atoms with E-state index in [1.165, 1.54) is 0 Å². The number of amides is 1. The lowest BCUT2D eigenvalue weighted by atomic mass is 9.89. The molecule has 1 fully saturated rings. The van der Waals surface area contributed by atoms with Crippen molar-refractivity contribution in [2.24, 2.45) is 0 Å². The van der Waals surface area contributed by atoms with Crippen molar-refractivity contribution >= 4 is 20.3 Å². The molecule has 5 nitrogen and oxygen atoms in total. The minimum absolute atomic E-state index is 0.252. The van der Waals surface area contributed by atoms with Crippen LogP contribution >= 0.6 is 0 Å². The van der Waals surface area contributed by atoms with Crippen LogP contribution in [0.25, 0.3) is 6.08 Å². The Kier molecular flexibility index (Phi) is 7.49. The van der Waals surface area contributed by atoms with Crippen LogP contribution in [-0.4, -0.2) is 42.2 Å². The minimum Gasteiger partial charge on any atom is -0.404 e. The van der Waals surface area contributed by atoms with E-state index in [0.29, 0.717) is 5.70 Å². The number of hydrogen-bond donors (Lipinski definition) is 3. The first kappa shape index (κ1) is 23.8. The Bertz CT molecular complexity index is 710. The molecule has 2 rings (SSSR count). The monoisotopic (exact) mass is 419 g/mol. The molecule has 3 N–H and O–H groups in total. The predicted molar refractivity (Wildman–Crippen MR) is 120 cm³/mol. The molecule has 0 radical (unpaired) electrons. The van der Waals surface area contributed by atoms with Crippen molar-refractivity contribution in [2.75, 3.05) is 0 Å². The van der Waals surface area contributed by atoms with Crippen LogP contribution in [0.1, 0.15) is 60.5 Å². The third-order valence-electron chi connectivity index (χ3n) is 6.35. The largest absolute Gasteiger partial charge is 0.404 e. The van der Waals surface area contributed by atoms with E-state index < -0.39 is 32.0 Å². The fourth-order valence-corrected chi connectivity index (χ4v) is 10.4. The molecule has 0 spiro atoms. The van der Waals surface area contributed by atoms with Gasteiger partial charge in [0.1, 0.15) is 6.10 Å². The van der Waals surface area contributed by atoms with E-state index in [1.807, 2.05) is 36.4 Å². The highest BCUT2D eigenvalue weighted by atomic mass is 28.4. The van der Waals surface area contributed by atoms with Crippen molar-refractivity contribution in [3.05, 3.63) is 41.6 Å². The molecule has 162 valence electrons. The van der Waals surface area contributed by atoms with Gasteiger partial charge in [-0.1, -0.05) is 78.8 Å². The summed E-state index contributed by atoms with van der Waals surface area (Å²) in [5.41, 5.74) is 0.233. The van der Waals surface area contributed by atoms with Gasteiger partial charge in [0, 0.05) is 5.70 Å². The summed E-state index contributed by atoms with van der Waals surface area (Å²) in [6.45, 7) is 14.7. The fraction of sp³-hybridized carbons (Fsp3) is 0.609. The van der Waals surface area contributed by atoms with E-state index >= 15 is 0 Å². The summed E-state index contributed by atoms with van der Waals surface area (Å²) in [5.74, 6) is -0.599. The predicted octanol–water partition coefficient (Wildman–Crippen LogP) is 4.22.